The molecule has 4 rings (SSSR count). The predicted octanol–water partition coefficient (Wildman–Crippen LogP) is 5.19. The lowest BCUT2D eigenvalue weighted by Gasteiger charge is -2.48. The summed E-state index contributed by atoms with van der Waals surface area (Å²) in [5, 5.41) is 0. The Morgan fingerprint density at radius 2 is 1.88 bits per heavy atom. The van der Waals surface area contributed by atoms with Gasteiger partial charge in [-0.1, -0.05) is 43.3 Å². The van der Waals surface area contributed by atoms with Crippen molar-refractivity contribution in [3.05, 3.63) is 65.2 Å². The topological polar surface area (TPSA) is 48.0 Å². The van der Waals surface area contributed by atoms with E-state index in [1.54, 1.807) is 7.11 Å². The van der Waals surface area contributed by atoms with Gasteiger partial charge in [0.05, 0.1) is 24.9 Å². The van der Waals surface area contributed by atoms with Gasteiger partial charge in [-0.3, -0.25) is 4.79 Å². The summed E-state index contributed by atoms with van der Waals surface area (Å²) in [5.41, 5.74) is 2.78. The molecule has 2 aromatic rings. The predicted molar refractivity (Wildman–Crippen MR) is 125 cm³/mol. The Morgan fingerprint density at radius 1 is 1.12 bits per heavy atom. The van der Waals surface area contributed by atoms with E-state index in [2.05, 4.69) is 38.1 Å². The zero-order chi connectivity index (χ0) is 22.6. The van der Waals surface area contributed by atoms with Crippen molar-refractivity contribution in [2.45, 2.75) is 63.8 Å². The van der Waals surface area contributed by atoms with Crippen molar-refractivity contribution < 1.29 is 19.0 Å². The summed E-state index contributed by atoms with van der Waals surface area (Å²) in [6, 6.07) is 16.2. The van der Waals surface area contributed by atoms with Crippen molar-refractivity contribution in [1.29, 1.82) is 0 Å². The van der Waals surface area contributed by atoms with Gasteiger partial charge >= 0.3 is 0 Å². The molecule has 2 aromatic carbocycles. The monoisotopic (exact) mass is 437 g/mol. The zero-order valence-corrected chi connectivity index (χ0v) is 19.5. The summed E-state index contributed by atoms with van der Waals surface area (Å²) in [4.78, 5) is 15.2. The lowest BCUT2D eigenvalue weighted by atomic mass is 9.80. The van der Waals surface area contributed by atoms with Crippen molar-refractivity contribution in [2.75, 3.05) is 26.8 Å². The van der Waals surface area contributed by atoms with Crippen LogP contribution in [0.1, 0.15) is 67.1 Å². The Hall–Kier alpha value is -2.37. The van der Waals surface area contributed by atoms with Gasteiger partial charge in [0.25, 0.3) is 5.91 Å². The second-order valence-corrected chi connectivity index (χ2v) is 8.89. The van der Waals surface area contributed by atoms with Crippen LogP contribution in [0.5, 0.6) is 5.75 Å². The summed E-state index contributed by atoms with van der Waals surface area (Å²) in [7, 11) is 1.66. The summed E-state index contributed by atoms with van der Waals surface area (Å²) in [5.74, 6) is 0.852. The number of aryl methyl sites for hydroxylation is 1. The molecule has 2 aliphatic rings. The molecule has 0 bridgehead atoms. The van der Waals surface area contributed by atoms with Crippen LogP contribution in [0.15, 0.2) is 48.5 Å². The number of benzene rings is 2. The Morgan fingerprint density at radius 3 is 2.53 bits per heavy atom. The maximum atomic E-state index is 13.2. The number of amides is 1. The average Bonchev–Trinajstić information content (AvgIpc) is 2.84. The highest BCUT2D eigenvalue weighted by molar-refractivity contribution is 5.94. The van der Waals surface area contributed by atoms with Gasteiger partial charge < -0.3 is 19.1 Å². The average molecular weight is 438 g/mol. The van der Waals surface area contributed by atoms with Crippen LogP contribution in [-0.4, -0.2) is 49.3 Å². The van der Waals surface area contributed by atoms with Crippen LogP contribution in [-0.2, 0) is 15.9 Å². The van der Waals surface area contributed by atoms with E-state index in [4.69, 9.17) is 14.2 Å². The summed E-state index contributed by atoms with van der Waals surface area (Å²) < 4.78 is 18.3. The third kappa shape index (κ3) is 4.84. The number of rotatable bonds is 6. The van der Waals surface area contributed by atoms with Crippen molar-refractivity contribution in [3.63, 3.8) is 0 Å². The lowest BCUT2D eigenvalue weighted by molar-refractivity contribution is -0.190. The minimum Gasteiger partial charge on any atom is -0.496 e. The molecule has 2 atom stereocenters. The van der Waals surface area contributed by atoms with E-state index in [0.29, 0.717) is 25.3 Å². The highest BCUT2D eigenvalue weighted by Gasteiger charge is 2.45. The van der Waals surface area contributed by atoms with Crippen LogP contribution in [0, 0.1) is 0 Å². The summed E-state index contributed by atoms with van der Waals surface area (Å²) in [6.07, 6.45) is 4.54. The van der Waals surface area contributed by atoms with Gasteiger partial charge in [-0.15, -0.1) is 0 Å². The molecule has 32 heavy (non-hydrogen) atoms. The number of piperidine rings is 1. The second-order valence-electron chi connectivity index (χ2n) is 8.89. The molecule has 1 amide bonds. The van der Waals surface area contributed by atoms with Crippen LogP contribution in [0.3, 0.4) is 0 Å². The van der Waals surface area contributed by atoms with Gasteiger partial charge in [0.15, 0.2) is 0 Å². The van der Waals surface area contributed by atoms with Gasteiger partial charge in [-0.2, -0.15) is 0 Å². The van der Waals surface area contributed by atoms with Crippen molar-refractivity contribution in [1.82, 2.24) is 4.90 Å². The number of hydrogen-bond donors (Lipinski definition) is 0. The fraction of sp³-hybridized carbons (Fsp3) is 0.519. The van der Waals surface area contributed by atoms with Gasteiger partial charge in [0.2, 0.25) is 0 Å². The molecule has 2 aliphatic heterocycles. The smallest absolute Gasteiger partial charge is 0.253 e. The summed E-state index contributed by atoms with van der Waals surface area (Å²) >= 11 is 0. The molecule has 2 unspecified atom stereocenters. The maximum absolute atomic E-state index is 13.2. The van der Waals surface area contributed by atoms with Crippen molar-refractivity contribution in [3.8, 4) is 5.75 Å². The largest absolute Gasteiger partial charge is 0.496 e. The highest BCUT2D eigenvalue weighted by atomic mass is 16.5. The molecule has 0 saturated carbocycles. The quantitative estimate of drug-likeness (QED) is 0.624. The molecule has 2 heterocycles. The van der Waals surface area contributed by atoms with E-state index >= 15 is 0 Å². The molecule has 0 aliphatic carbocycles. The van der Waals surface area contributed by atoms with E-state index in [-0.39, 0.29) is 23.7 Å². The first-order chi connectivity index (χ1) is 15.6. The van der Waals surface area contributed by atoms with Gasteiger partial charge in [0, 0.05) is 38.1 Å². The van der Waals surface area contributed by atoms with Crippen LogP contribution in [0.4, 0.5) is 0 Å². The molecular weight excluding hydrogens is 402 g/mol. The standard InChI is InChI=1S/C27H35NO4/c1-4-20-11-12-22(17-24(20)30-3)26(29)28-15-13-27(14-16-28)19-23(31-5-2)18-25(32-27)21-9-7-6-8-10-21/h6-12,17,23,25H,4-5,13-16,18-19H2,1-3H3. The van der Waals surface area contributed by atoms with E-state index in [9.17, 15) is 4.79 Å². The van der Waals surface area contributed by atoms with Crippen LogP contribution in [0.25, 0.3) is 0 Å². The number of methoxy groups -OCH3 is 1. The number of hydrogen-bond acceptors (Lipinski definition) is 4. The molecule has 0 N–H and O–H groups in total. The fourth-order valence-corrected chi connectivity index (χ4v) is 5.16. The van der Waals surface area contributed by atoms with E-state index in [1.807, 2.05) is 29.2 Å². The Balaban J connectivity index is 1.46. The SMILES string of the molecule is CCOC1CC(c2ccccc2)OC2(CCN(C(=O)c3ccc(CC)c(OC)c3)CC2)C1. The first-order valence-electron chi connectivity index (χ1n) is 11.9. The molecule has 0 radical (unpaired) electrons. The molecular formula is C27H35NO4. The Labute approximate surface area is 191 Å². The molecule has 5 nitrogen and oxygen atoms in total. The lowest BCUT2D eigenvalue weighted by Crippen LogP contribution is -2.52. The maximum Gasteiger partial charge on any atom is 0.253 e. The van der Waals surface area contributed by atoms with E-state index in [1.165, 1.54) is 5.56 Å². The minimum atomic E-state index is -0.237. The molecule has 0 aromatic heterocycles. The van der Waals surface area contributed by atoms with Gasteiger partial charge in [-0.25, -0.2) is 0 Å². The number of likely N-dealkylation sites (tertiary alicyclic amines) is 1. The highest BCUT2D eigenvalue weighted by Crippen LogP contribution is 2.44. The number of ether oxygens (including phenoxy) is 3. The normalized spacial score (nSPS) is 22.7. The number of nitrogens with zero attached hydrogens (tertiary/aromatic N) is 1. The van der Waals surface area contributed by atoms with E-state index < -0.39 is 0 Å². The van der Waals surface area contributed by atoms with Crippen LogP contribution in [0.2, 0.25) is 0 Å². The van der Waals surface area contributed by atoms with Gasteiger partial charge in [0.1, 0.15) is 5.75 Å². The van der Waals surface area contributed by atoms with Gasteiger partial charge in [-0.05, 0) is 49.4 Å². The Bertz CT molecular complexity index is 905. The fourth-order valence-electron chi connectivity index (χ4n) is 5.16. The second kappa shape index (κ2) is 10.1. The summed E-state index contributed by atoms with van der Waals surface area (Å²) in [6.45, 7) is 6.24. The third-order valence-corrected chi connectivity index (χ3v) is 6.92. The Kier molecular flexibility index (Phi) is 7.17. The zero-order valence-electron chi connectivity index (χ0n) is 19.5. The third-order valence-electron chi connectivity index (χ3n) is 6.92. The van der Waals surface area contributed by atoms with Crippen molar-refractivity contribution >= 4 is 5.91 Å². The van der Waals surface area contributed by atoms with E-state index in [0.717, 1.165) is 43.4 Å². The van der Waals surface area contributed by atoms with Crippen molar-refractivity contribution in [2.24, 2.45) is 0 Å². The minimum absolute atomic E-state index is 0.0367. The molecule has 5 heteroatoms. The van der Waals surface area contributed by atoms with Crippen LogP contribution >= 0.6 is 0 Å². The first kappa shape index (κ1) is 22.8. The first-order valence-corrected chi connectivity index (χ1v) is 11.9. The molecule has 2 saturated heterocycles. The number of carbonyl (C=O) groups is 1. The molecule has 2 fully saturated rings. The molecule has 172 valence electrons. The molecule has 1 spiro atoms. The van der Waals surface area contributed by atoms with Crippen LogP contribution < -0.4 is 4.74 Å². The number of carbonyl (C=O) groups excluding carboxylic acids is 1.